The highest BCUT2D eigenvalue weighted by Crippen LogP contribution is 2.09. The van der Waals surface area contributed by atoms with Gasteiger partial charge in [-0.05, 0) is 19.3 Å². The van der Waals surface area contributed by atoms with Crippen LogP contribution in [0.5, 0.6) is 0 Å². The summed E-state index contributed by atoms with van der Waals surface area (Å²) < 4.78 is 0. The van der Waals surface area contributed by atoms with Gasteiger partial charge in [0, 0.05) is 0 Å². The highest BCUT2D eigenvalue weighted by Gasteiger charge is 2.00. The van der Waals surface area contributed by atoms with Crippen molar-refractivity contribution in [2.24, 2.45) is 0 Å². The summed E-state index contributed by atoms with van der Waals surface area (Å²) in [6, 6.07) is 0. The molecule has 0 aliphatic carbocycles. The van der Waals surface area contributed by atoms with Crippen molar-refractivity contribution in [2.45, 2.75) is 64.9 Å². The molecule has 1 N–H and O–H groups in total. The predicted octanol–water partition coefficient (Wildman–Crippen LogP) is 3.32. The van der Waals surface area contributed by atoms with E-state index in [9.17, 15) is 5.11 Å². The summed E-state index contributed by atoms with van der Waals surface area (Å²) in [6.07, 6.45) is 10.2. The molecule has 0 aromatic heterocycles. The summed E-state index contributed by atoms with van der Waals surface area (Å²) in [4.78, 5) is 0. The normalized spacial score (nSPS) is 13.2. The Kier molecular flexibility index (Phi) is 9.02. The molecule has 0 saturated heterocycles. The maximum atomic E-state index is 9.37. The summed E-state index contributed by atoms with van der Waals surface area (Å²) in [6.45, 7) is 4.22. The van der Waals surface area contributed by atoms with Crippen LogP contribution in [0.15, 0.2) is 0 Å². The van der Waals surface area contributed by atoms with E-state index in [1.165, 1.54) is 32.1 Å². The molecular weight excluding hydrogens is 148 g/mol. The van der Waals surface area contributed by atoms with E-state index in [4.69, 9.17) is 0 Å². The van der Waals surface area contributed by atoms with Gasteiger partial charge in [-0.1, -0.05) is 46.0 Å². The van der Waals surface area contributed by atoms with E-state index in [1.807, 2.05) is 13.3 Å². The first kappa shape index (κ1) is 12.0. The van der Waals surface area contributed by atoms with E-state index < -0.39 is 0 Å². The van der Waals surface area contributed by atoms with E-state index >= 15 is 0 Å². The minimum absolute atomic E-state index is 0.0865. The molecule has 73 valence electrons. The van der Waals surface area contributed by atoms with Crippen LogP contribution in [0.1, 0.15) is 58.8 Å². The molecule has 0 aromatic carbocycles. The van der Waals surface area contributed by atoms with Crippen molar-refractivity contribution in [1.29, 1.82) is 0 Å². The zero-order valence-corrected chi connectivity index (χ0v) is 8.55. The van der Waals surface area contributed by atoms with Crippen molar-refractivity contribution in [3.63, 3.8) is 0 Å². The van der Waals surface area contributed by atoms with Gasteiger partial charge in [0.2, 0.25) is 0 Å². The second-order valence-electron chi connectivity index (χ2n) is 3.50. The zero-order chi connectivity index (χ0) is 9.23. The lowest BCUT2D eigenvalue weighted by molar-refractivity contribution is 0.160. The number of unbranched alkanes of at least 4 members (excludes halogenated alkanes) is 4. The lowest BCUT2D eigenvalue weighted by Crippen LogP contribution is -2.05. The van der Waals surface area contributed by atoms with Crippen LogP contribution < -0.4 is 0 Å². The highest BCUT2D eigenvalue weighted by atomic mass is 16.3. The fourth-order valence-corrected chi connectivity index (χ4v) is 1.37. The lowest BCUT2D eigenvalue weighted by atomic mass is 10.1. The van der Waals surface area contributed by atoms with Crippen LogP contribution in [0.2, 0.25) is 0 Å². The fraction of sp³-hybridized carbons (Fsp3) is 0.909. The second-order valence-corrected chi connectivity index (χ2v) is 3.50. The van der Waals surface area contributed by atoms with Crippen molar-refractivity contribution >= 4 is 0 Å². The molecule has 1 radical (unpaired) electrons. The molecule has 1 heteroatoms. The minimum atomic E-state index is -0.0865. The molecule has 0 bridgehead atoms. The predicted molar refractivity (Wildman–Crippen MR) is 54.0 cm³/mol. The third kappa shape index (κ3) is 8.06. The maximum absolute atomic E-state index is 9.37. The van der Waals surface area contributed by atoms with E-state index in [-0.39, 0.29) is 6.10 Å². The molecule has 0 aliphatic rings. The Morgan fingerprint density at radius 2 is 1.83 bits per heavy atom. The van der Waals surface area contributed by atoms with Crippen molar-refractivity contribution < 1.29 is 5.11 Å². The summed E-state index contributed by atoms with van der Waals surface area (Å²) in [5, 5.41) is 9.37. The Labute approximate surface area is 77.2 Å². The molecule has 0 fully saturated rings. The quantitative estimate of drug-likeness (QED) is 0.555. The number of aliphatic hydroxyl groups excluding tert-OH is 1. The van der Waals surface area contributed by atoms with Crippen molar-refractivity contribution in [2.75, 3.05) is 0 Å². The average Bonchev–Trinajstić information content (AvgIpc) is 2.05. The first-order valence-corrected chi connectivity index (χ1v) is 5.27. The summed E-state index contributed by atoms with van der Waals surface area (Å²) in [5.74, 6) is 0. The number of aliphatic hydroxyl groups is 1. The number of rotatable bonds is 8. The van der Waals surface area contributed by atoms with Gasteiger partial charge >= 0.3 is 0 Å². The minimum Gasteiger partial charge on any atom is -0.393 e. The Morgan fingerprint density at radius 1 is 1.17 bits per heavy atom. The molecule has 1 nitrogen and oxygen atoms in total. The first-order chi connectivity index (χ1) is 5.81. The Balaban J connectivity index is 2.97. The molecule has 0 amide bonds. The molecular formula is C11H23O. The van der Waals surface area contributed by atoms with Crippen LogP contribution in [0, 0.1) is 6.42 Å². The smallest absolute Gasteiger partial charge is 0.0542 e. The van der Waals surface area contributed by atoms with Gasteiger partial charge in [-0.15, -0.1) is 0 Å². The molecule has 0 aromatic rings. The van der Waals surface area contributed by atoms with Gasteiger partial charge in [0.1, 0.15) is 0 Å². The molecule has 1 unspecified atom stereocenters. The Hall–Kier alpha value is -0.0400. The maximum Gasteiger partial charge on any atom is 0.0542 e. The Morgan fingerprint density at radius 3 is 2.42 bits per heavy atom. The SMILES string of the molecule is C[CH]CC(O)CCCCCCC. The van der Waals surface area contributed by atoms with E-state index in [0.29, 0.717) is 0 Å². The molecule has 12 heavy (non-hydrogen) atoms. The Bertz CT molecular complexity index is 81.1. The van der Waals surface area contributed by atoms with Crippen LogP contribution in [0.25, 0.3) is 0 Å². The van der Waals surface area contributed by atoms with E-state index in [2.05, 4.69) is 6.92 Å². The van der Waals surface area contributed by atoms with Gasteiger partial charge in [-0.3, -0.25) is 0 Å². The van der Waals surface area contributed by atoms with Crippen LogP contribution in [-0.4, -0.2) is 11.2 Å². The van der Waals surface area contributed by atoms with Gasteiger partial charge in [0.25, 0.3) is 0 Å². The molecule has 0 rings (SSSR count). The molecule has 0 spiro atoms. The standard InChI is InChI=1S/C11H23O/c1-3-5-6-7-8-10-11(12)9-4-2/h4,11-12H,3,5-10H2,1-2H3. The van der Waals surface area contributed by atoms with Crippen LogP contribution in [0.3, 0.4) is 0 Å². The molecule has 0 heterocycles. The van der Waals surface area contributed by atoms with Crippen molar-refractivity contribution in [1.82, 2.24) is 0 Å². The van der Waals surface area contributed by atoms with Crippen LogP contribution in [-0.2, 0) is 0 Å². The molecule has 0 aliphatic heterocycles. The lowest BCUT2D eigenvalue weighted by Gasteiger charge is -2.07. The van der Waals surface area contributed by atoms with Gasteiger partial charge in [0.15, 0.2) is 0 Å². The topological polar surface area (TPSA) is 20.2 Å². The highest BCUT2D eigenvalue weighted by molar-refractivity contribution is 4.64. The summed E-state index contributed by atoms with van der Waals surface area (Å²) in [5.41, 5.74) is 0. The van der Waals surface area contributed by atoms with Gasteiger partial charge < -0.3 is 5.11 Å². The average molecular weight is 171 g/mol. The molecule has 1 atom stereocenters. The van der Waals surface area contributed by atoms with E-state index in [0.717, 1.165) is 12.8 Å². The second kappa shape index (κ2) is 9.05. The third-order valence-electron chi connectivity index (χ3n) is 2.15. The van der Waals surface area contributed by atoms with Crippen LogP contribution >= 0.6 is 0 Å². The van der Waals surface area contributed by atoms with Crippen LogP contribution in [0.4, 0.5) is 0 Å². The summed E-state index contributed by atoms with van der Waals surface area (Å²) >= 11 is 0. The third-order valence-corrected chi connectivity index (χ3v) is 2.15. The van der Waals surface area contributed by atoms with Crippen molar-refractivity contribution in [3.8, 4) is 0 Å². The van der Waals surface area contributed by atoms with Crippen molar-refractivity contribution in [3.05, 3.63) is 6.42 Å². The van der Waals surface area contributed by atoms with E-state index in [1.54, 1.807) is 0 Å². The van der Waals surface area contributed by atoms with Gasteiger partial charge in [0.05, 0.1) is 6.10 Å². The molecule has 0 saturated carbocycles. The largest absolute Gasteiger partial charge is 0.393 e. The van der Waals surface area contributed by atoms with Gasteiger partial charge in [-0.25, -0.2) is 0 Å². The number of hydrogen-bond acceptors (Lipinski definition) is 1. The monoisotopic (exact) mass is 171 g/mol. The number of hydrogen-bond donors (Lipinski definition) is 1. The van der Waals surface area contributed by atoms with Gasteiger partial charge in [-0.2, -0.15) is 0 Å². The first-order valence-electron chi connectivity index (χ1n) is 5.27. The zero-order valence-electron chi connectivity index (χ0n) is 8.55. The fourth-order valence-electron chi connectivity index (χ4n) is 1.37. The summed E-state index contributed by atoms with van der Waals surface area (Å²) in [7, 11) is 0.